The summed E-state index contributed by atoms with van der Waals surface area (Å²) in [6.07, 6.45) is 0. The van der Waals surface area contributed by atoms with Crippen LogP contribution in [0.4, 0.5) is 5.95 Å². The Bertz CT molecular complexity index is 1490. The molecule has 1 aliphatic heterocycles. The van der Waals surface area contributed by atoms with Crippen molar-refractivity contribution in [1.82, 2.24) is 14.8 Å². The van der Waals surface area contributed by atoms with Gasteiger partial charge in [0.05, 0.1) is 0 Å². The molecule has 0 spiro atoms. The van der Waals surface area contributed by atoms with E-state index in [0.29, 0.717) is 39.8 Å². The highest BCUT2D eigenvalue weighted by molar-refractivity contribution is 9.10. The third kappa shape index (κ3) is 5.61. The molecule has 2 heterocycles. The van der Waals surface area contributed by atoms with Crippen molar-refractivity contribution in [2.45, 2.75) is 37.4 Å². The number of carbonyl (C=O) groups excluding carboxylic acids is 1. The number of allylic oxidation sites excluding steroid dienone is 2. The minimum absolute atomic E-state index is 0.0459. The Labute approximate surface area is 233 Å². The first kappa shape index (κ1) is 25.6. The average molecular weight is 596 g/mol. The van der Waals surface area contributed by atoms with Crippen molar-refractivity contribution in [3.63, 3.8) is 0 Å². The van der Waals surface area contributed by atoms with E-state index in [0.717, 1.165) is 26.9 Å². The van der Waals surface area contributed by atoms with Crippen LogP contribution in [0.1, 0.15) is 36.6 Å². The van der Waals surface area contributed by atoms with Crippen LogP contribution in [0.3, 0.4) is 0 Å². The predicted molar refractivity (Wildman–Crippen MR) is 151 cm³/mol. The lowest BCUT2D eigenvalue weighted by Gasteiger charge is -2.29. The smallest absolute Gasteiger partial charge is 0.227 e. The van der Waals surface area contributed by atoms with Crippen LogP contribution in [0, 0.1) is 0 Å². The molecule has 0 aliphatic carbocycles. The number of aromatic nitrogens is 3. The van der Waals surface area contributed by atoms with Gasteiger partial charge in [-0.15, -0.1) is 5.10 Å². The number of nitrogens with zero attached hydrogens (tertiary/aromatic N) is 3. The Kier molecular flexibility index (Phi) is 7.69. The number of hydrogen-bond donors (Lipinski definition) is 1. The molecule has 0 amide bonds. The van der Waals surface area contributed by atoms with E-state index in [1.165, 1.54) is 11.8 Å². The van der Waals surface area contributed by atoms with Crippen molar-refractivity contribution in [3.8, 4) is 5.75 Å². The Morgan fingerprint density at radius 1 is 1.14 bits per heavy atom. The normalized spacial score (nSPS) is 14.8. The molecule has 6 nitrogen and oxygen atoms in total. The highest BCUT2D eigenvalue weighted by atomic mass is 79.9. The van der Waals surface area contributed by atoms with Crippen LogP contribution < -0.4 is 10.1 Å². The molecule has 188 valence electrons. The summed E-state index contributed by atoms with van der Waals surface area (Å²) in [5, 5.41) is 9.38. The van der Waals surface area contributed by atoms with Gasteiger partial charge in [0, 0.05) is 32.1 Å². The average Bonchev–Trinajstić information content (AvgIpc) is 3.29. The van der Waals surface area contributed by atoms with Crippen LogP contribution in [0.15, 0.2) is 93.7 Å². The van der Waals surface area contributed by atoms with E-state index in [-0.39, 0.29) is 5.78 Å². The van der Waals surface area contributed by atoms with Crippen molar-refractivity contribution in [2.75, 3.05) is 5.32 Å². The Hall–Kier alpha value is -3.07. The lowest BCUT2D eigenvalue weighted by atomic mass is 9.92. The Balaban J connectivity index is 1.52. The van der Waals surface area contributed by atoms with Gasteiger partial charge < -0.3 is 10.1 Å². The van der Waals surface area contributed by atoms with E-state index in [9.17, 15) is 4.79 Å². The van der Waals surface area contributed by atoms with Crippen LogP contribution in [0.2, 0.25) is 5.02 Å². The van der Waals surface area contributed by atoms with Gasteiger partial charge in [0.25, 0.3) is 0 Å². The monoisotopic (exact) mass is 594 g/mol. The summed E-state index contributed by atoms with van der Waals surface area (Å²) in [6, 6.07) is 23.0. The molecule has 1 unspecified atom stereocenters. The quantitative estimate of drug-likeness (QED) is 0.214. The SMILES string of the molecule is CC(=O)C1=C(C)Nc2nc(SCc3ccccc3Cl)nn2C1c1cc(Br)ccc1OCc1ccccc1. The second-order valence-electron chi connectivity index (χ2n) is 8.62. The molecule has 37 heavy (non-hydrogen) atoms. The van der Waals surface area contributed by atoms with Gasteiger partial charge in [-0.05, 0) is 49.2 Å². The number of fused-ring (bicyclic) bond motifs is 1. The lowest BCUT2D eigenvalue weighted by molar-refractivity contribution is -0.114. The minimum Gasteiger partial charge on any atom is -0.489 e. The van der Waals surface area contributed by atoms with Gasteiger partial charge in [0.15, 0.2) is 5.78 Å². The number of anilines is 1. The first-order valence-electron chi connectivity index (χ1n) is 11.7. The minimum atomic E-state index is -0.501. The van der Waals surface area contributed by atoms with Crippen LogP contribution in [0.5, 0.6) is 5.75 Å². The van der Waals surface area contributed by atoms with Gasteiger partial charge in [0.1, 0.15) is 18.4 Å². The summed E-state index contributed by atoms with van der Waals surface area (Å²) in [5.74, 6) is 1.83. The fourth-order valence-corrected chi connectivity index (χ4v) is 5.79. The molecule has 0 saturated carbocycles. The molecule has 0 saturated heterocycles. The molecule has 9 heteroatoms. The van der Waals surface area contributed by atoms with E-state index in [1.54, 1.807) is 11.6 Å². The molecule has 0 fully saturated rings. The highest BCUT2D eigenvalue weighted by Crippen LogP contribution is 2.41. The number of nitrogens with one attached hydrogen (secondary N) is 1. The van der Waals surface area contributed by atoms with Gasteiger partial charge in [-0.25, -0.2) is 4.68 Å². The molecule has 0 radical (unpaired) electrons. The maximum absolute atomic E-state index is 12.9. The zero-order chi connectivity index (χ0) is 25.9. The summed E-state index contributed by atoms with van der Waals surface area (Å²) in [5.41, 5.74) is 4.25. The Morgan fingerprint density at radius 2 is 1.89 bits per heavy atom. The highest BCUT2D eigenvalue weighted by Gasteiger charge is 2.34. The first-order valence-corrected chi connectivity index (χ1v) is 13.8. The molecule has 5 rings (SSSR count). The number of benzene rings is 3. The van der Waals surface area contributed by atoms with E-state index in [4.69, 9.17) is 26.4 Å². The van der Waals surface area contributed by atoms with Crippen molar-refractivity contribution in [2.24, 2.45) is 0 Å². The van der Waals surface area contributed by atoms with E-state index >= 15 is 0 Å². The summed E-state index contributed by atoms with van der Waals surface area (Å²) in [4.78, 5) is 17.6. The number of halogens is 2. The first-order chi connectivity index (χ1) is 17.9. The molecular weight excluding hydrogens is 572 g/mol. The number of ketones is 1. The van der Waals surface area contributed by atoms with Crippen molar-refractivity contribution in [3.05, 3.63) is 110 Å². The van der Waals surface area contributed by atoms with Crippen molar-refractivity contribution >= 4 is 51.0 Å². The standard InChI is InChI=1S/C28H24BrClN4O2S/c1-17-25(18(2)35)26(22-14-21(29)12-13-24(22)36-15-19-8-4-3-5-9-19)34-27(31-17)32-28(33-34)37-16-20-10-6-7-11-23(20)30/h3-14,26H,15-16H2,1-2H3,(H,31,32,33). The van der Waals surface area contributed by atoms with Crippen molar-refractivity contribution in [1.29, 1.82) is 0 Å². The van der Waals surface area contributed by atoms with E-state index in [1.807, 2.05) is 79.7 Å². The van der Waals surface area contributed by atoms with Gasteiger partial charge in [0.2, 0.25) is 11.1 Å². The van der Waals surface area contributed by atoms with Crippen LogP contribution in [-0.2, 0) is 17.2 Å². The fourth-order valence-electron chi connectivity index (χ4n) is 4.29. The summed E-state index contributed by atoms with van der Waals surface area (Å²) in [6.45, 7) is 3.87. The number of rotatable bonds is 8. The second-order valence-corrected chi connectivity index (χ2v) is 10.9. The van der Waals surface area contributed by atoms with Gasteiger partial charge in [-0.1, -0.05) is 87.8 Å². The summed E-state index contributed by atoms with van der Waals surface area (Å²) >= 11 is 11.4. The molecule has 1 aromatic heterocycles. The lowest BCUT2D eigenvalue weighted by Crippen LogP contribution is -2.28. The van der Waals surface area contributed by atoms with Crippen LogP contribution in [0.25, 0.3) is 0 Å². The number of hydrogen-bond acceptors (Lipinski definition) is 6. The van der Waals surface area contributed by atoms with Gasteiger partial charge in [-0.3, -0.25) is 4.79 Å². The number of ether oxygens (including phenoxy) is 1. The maximum Gasteiger partial charge on any atom is 0.227 e. The number of thioether (sulfide) groups is 1. The van der Waals surface area contributed by atoms with Crippen LogP contribution in [-0.4, -0.2) is 20.5 Å². The third-order valence-electron chi connectivity index (χ3n) is 6.03. The molecule has 0 bridgehead atoms. The zero-order valence-corrected chi connectivity index (χ0v) is 23.4. The summed E-state index contributed by atoms with van der Waals surface area (Å²) in [7, 11) is 0. The Morgan fingerprint density at radius 3 is 2.65 bits per heavy atom. The zero-order valence-electron chi connectivity index (χ0n) is 20.2. The number of Topliss-reactive ketones (excluding diaryl/α,β-unsaturated/α-hetero) is 1. The molecule has 1 aliphatic rings. The predicted octanol–water partition coefficient (Wildman–Crippen LogP) is 7.44. The van der Waals surface area contributed by atoms with Crippen LogP contribution >= 0.6 is 39.3 Å². The molecule has 3 aromatic carbocycles. The third-order valence-corrected chi connectivity index (χ3v) is 7.78. The van der Waals surface area contributed by atoms with Gasteiger partial charge in [-0.2, -0.15) is 4.98 Å². The second kappa shape index (κ2) is 11.1. The molecule has 4 aromatic rings. The van der Waals surface area contributed by atoms with E-state index in [2.05, 4.69) is 21.2 Å². The maximum atomic E-state index is 12.9. The van der Waals surface area contributed by atoms with Gasteiger partial charge >= 0.3 is 0 Å². The van der Waals surface area contributed by atoms with Crippen molar-refractivity contribution < 1.29 is 9.53 Å². The van der Waals surface area contributed by atoms with E-state index < -0.39 is 6.04 Å². The fraction of sp³-hybridized carbons (Fsp3) is 0.179. The largest absolute Gasteiger partial charge is 0.489 e. The topological polar surface area (TPSA) is 69.0 Å². The molecule has 1 atom stereocenters. The number of carbonyl (C=O) groups is 1. The molecule has 1 N–H and O–H groups in total. The molecular formula is C28H24BrClN4O2S. The summed E-state index contributed by atoms with van der Waals surface area (Å²) < 4.78 is 8.93.